The average Bonchev–Trinajstić information content (AvgIpc) is 2.30. The molecule has 0 spiro atoms. The standard InChI is InChI=1S/C13H19NO2/c1-15-12-4-2-11(3-5-12)10-13(14)6-8-16-9-7-13/h2-5H,6-10,14H2,1H3. The van der Waals surface area contributed by atoms with E-state index in [2.05, 4.69) is 12.1 Å². The summed E-state index contributed by atoms with van der Waals surface area (Å²) < 4.78 is 10.5. The number of methoxy groups -OCH3 is 1. The van der Waals surface area contributed by atoms with E-state index in [1.807, 2.05) is 12.1 Å². The van der Waals surface area contributed by atoms with Gasteiger partial charge in [-0.1, -0.05) is 12.1 Å². The van der Waals surface area contributed by atoms with Crippen LogP contribution in [0.15, 0.2) is 24.3 Å². The molecule has 0 unspecified atom stereocenters. The van der Waals surface area contributed by atoms with Gasteiger partial charge in [0.1, 0.15) is 5.75 Å². The molecule has 88 valence electrons. The largest absolute Gasteiger partial charge is 0.497 e. The van der Waals surface area contributed by atoms with Crippen LogP contribution in [-0.4, -0.2) is 25.9 Å². The van der Waals surface area contributed by atoms with E-state index in [1.54, 1.807) is 7.11 Å². The molecule has 0 bridgehead atoms. The first-order chi connectivity index (χ1) is 7.72. The molecule has 0 saturated carbocycles. The van der Waals surface area contributed by atoms with Gasteiger partial charge in [-0.3, -0.25) is 0 Å². The zero-order valence-electron chi connectivity index (χ0n) is 9.74. The predicted molar refractivity (Wildman–Crippen MR) is 63.7 cm³/mol. The second-order valence-corrected chi connectivity index (χ2v) is 4.50. The lowest BCUT2D eigenvalue weighted by Gasteiger charge is -2.33. The molecule has 3 heteroatoms. The van der Waals surface area contributed by atoms with Crippen LogP contribution in [0.5, 0.6) is 5.75 Å². The van der Waals surface area contributed by atoms with Gasteiger partial charge in [0.25, 0.3) is 0 Å². The smallest absolute Gasteiger partial charge is 0.118 e. The minimum atomic E-state index is -0.0904. The van der Waals surface area contributed by atoms with Gasteiger partial charge in [0.15, 0.2) is 0 Å². The van der Waals surface area contributed by atoms with Crippen molar-refractivity contribution in [1.29, 1.82) is 0 Å². The second-order valence-electron chi connectivity index (χ2n) is 4.50. The van der Waals surface area contributed by atoms with Crippen LogP contribution in [0, 0.1) is 0 Å². The number of hydrogen-bond donors (Lipinski definition) is 1. The highest BCUT2D eigenvalue weighted by Gasteiger charge is 2.27. The van der Waals surface area contributed by atoms with Gasteiger partial charge in [-0.05, 0) is 37.0 Å². The topological polar surface area (TPSA) is 44.5 Å². The highest BCUT2D eigenvalue weighted by molar-refractivity contribution is 5.28. The molecule has 1 aromatic rings. The summed E-state index contributed by atoms with van der Waals surface area (Å²) in [6, 6.07) is 8.14. The third-order valence-electron chi connectivity index (χ3n) is 3.20. The molecular weight excluding hydrogens is 202 g/mol. The van der Waals surface area contributed by atoms with Crippen molar-refractivity contribution in [2.24, 2.45) is 5.73 Å². The van der Waals surface area contributed by atoms with Gasteiger partial charge in [-0.25, -0.2) is 0 Å². The molecule has 0 aliphatic carbocycles. The van der Waals surface area contributed by atoms with Crippen LogP contribution in [0.4, 0.5) is 0 Å². The Morgan fingerprint density at radius 1 is 1.25 bits per heavy atom. The molecule has 2 N–H and O–H groups in total. The fourth-order valence-electron chi connectivity index (χ4n) is 2.10. The van der Waals surface area contributed by atoms with Gasteiger partial charge in [-0.2, -0.15) is 0 Å². The van der Waals surface area contributed by atoms with Gasteiger partial charge in [0, 0.05) is 18.8 Å². The normalized spacial score (nSPS) is 19.4. The van der Waals surface area contributed by atoms with E-state index in [0.29, 0.717) is 0 Å². The summed E-state index contributed by atoms with van der Waals surface area (Å²) in [5, 5.41) is 0. The quantitative estimate of drug-likeness (QED) is 0.845. The molecule has 1 heterocycles. The predicted octanol–water partition coefficient (Wildman–Crippen LogP) is 1.75. The molecule has 1 aliphatic heterocycles. The van der Waals surface area contributed by atoms with Gasteiger partial charge in [0.2, 0.25) is 0 Å². The summed E-state index contributed by atoms with van der Waals surface area (Å²) in [7, 11) is 1.68. The molecule has 0 amide bonds. The molecule has 1 saturated heterocycles. The van der Waals surface area contributed by atoms with Crippen LogP contribution < -0.4 is 10.5 Å². The fraction of sp³-hybridized carbons (Fsp3) is 0.538. The number of benzene rings is 1. The van der Waals surface area contributed by atoms with Crippen LogP contribution in [0.3, 0.4) is 0 Å². The SMILES string of the molecule is COc1ccc(CC2(N)CCOCC2)cc1. The van der Waals surface area contributed by atoms with Crippen LogP contribution in [-0.2, 0) is 11.2 Å². The summed E-state index contributed by atoms with van der Waals surface area (Å²) in [6.45, 7) is 1.57. The van der Waals surface area contributed by atoms with Crippen molar-refractivity contribution in [3.63, 3.8) is 0 Å². The minimum Gasteiger partial charge on any atom is -0.497 e. The molecular formula is C13H19NO2. The lowest BCUT2D eigenvalue weighted by molar-refractivity contribution is 0.0533. The summed E-state index contributed by atoms with van der Waals surface area (Å²) >= 11 is 0. The van der Waals surface area contributed by atoms with E-state index >= 15 is 0 Å². The Morgan fingerprint density at radius 2 is 1.88 bits per heavy atom. The van der Waals surface area contributed by atoms with Crippen molar-refractivity contribution in [2.75, 3.05) is 20.3 Å². The van der Waals surface area contributed by atoms with Crippen LogP contribution in [0.25, 0.3) is 0 Å². The summed E-state index contributed by atoms with van der Waals surface area (Å²) in [5.74, 6) is 0.891. The van der Waals surface area contributed by atoms with Gasteiger partial charge >= 0.3 is 0 Å². The summed E-state index contributed by atoms with van der Waals surface area (Å²) in [4.78, 5) is 0. The van der Waals surface area contributed by atoms with Gasteiger partial charge < -0.3 is 15.2 Å². The van der Waals surface area contributed by atoms with Crippen molar-refractivity contribution in [3.05, 3.63) is 29.8 Å². The number of ether oxygens (including phenoxy) is 2. The molecule has 1 aromatic carbocycles. The monoisotopic (exact) mass is 221 g/mol. The van der Waals surface area contributed by atoms with E-state index < -0.39 is 0 Å². The lowest BCUT2D eigenvalue weighted by Crippen LogP contribution is -2.46. The maximum Gasteiger partial charge on any atom is 0.118 e. The van der Waals surface area contributed by atoms with Crippen molar-refractivity contribution in [1.82, 2.24) is 0 Å². The average molecular weight is 221 g/mol. The fourth-order valence-corrected chi connectivity index (χ4v) is 2.10. The first-order valence-corrected chi connectivity index (χ1v) is 5.71. The lowest BCUT2D eigenvalue weighted by atomic mass is 9.85. The minimum absolute atomic E-state index is 0.0904. The zero-order chi connectivity index (χ0) is 11.4. The molecule has 2 rings (SSSR count). The maximum absolute atomic E-state index is 6.35. The Morgan fingerprint density at radius 3 is 2.44 bits per heavy atom. The highest BCUT2D eigenvalue weighted by atomic mass is 16.5. The first kappa shape index (κ1) is 11.4. The first-order valence-electron chi connectivity index (χ1n) is 5.71. The molecule has 1 aliphatic rings. The Labute approximate surface area is 96.5 Å². The van der Waals surface area contributed by atoms with Crippen molar-refractivity contribution >= 4 is 0 Å². The van der Waals surface area contributed by atoms with Crippen molar-refractivity contribution < 1.29 is 9.47 Å². The van der Waals surface area contributed by atoms with Crippen LogP contribution in [0.2, 0.25) is 0 Å². The van der Waals surface area contributed by atoms with Crippen molar-refractivity contribution in [3.8, 4) is 5.75 Å². The van der Waals surface area contributed by atoms with Gasteiger partial charge in [-0.15, -0.1) is 0 Å². The highest BCUT2D eigenvalue weighted by Crippen LogP contribution is 2.23. The Balaban J connectivity index is 2.01. The molecule has 0 aromatic heterocycles. The van der Waals surface area contributed by atoms with E-state index in [-0.39, 0.29) is 5.54 Å². The molecule has 0 radical (unpaired) electrons. The van der Waals surface area contributed by atoms with Crippen LogP contribution >= 0.6 is 0 Å². The molecule has 3 nitrogen and oxygen atoms in total. The third kappa shape index (κ3) is 2.74. The Hall–Kier alpha value is -1.06. The Kier molecular flexibility index (Phi) is 3.46. The maximum atomic E-state index is 6.35. The van der Waals surface area contributed by atoms with E-state index in [0.717, 1.165) is 38.2 Å². The van der Waals surface area contributed by atoms with E-state index in [9.17, 15) is 0 Å². The van der Waals surface area contributed by atoms with Crippen LogP contribution in [0.1, 0.15) is 18.4 Å². The summed E-state index contributed by atoms with van der Waals surface area (Å²) in [5.41, 5.74) is 7.53. The molecule has 16 heavy (non-hydrogen) atoms. The number of nitrogens with two attached hydrogens (primary N) is 1. The third-order valence-corrected chi connectivity index (χ3v) is 3.20. The Bertz CT molecular complexity index is 328. The van der Waals surface area contributed by atoms with E-state index in [1.165, 1.54) is 5.56 Å². The number of rotatable bonds is 3. The second kappa shape index (κ2) is 4.85. The summed E-state index contributed by atoms with van der Waals surface area (Å²) in [6.07, 6.45) is 2.80. The molecule has 0 atom stereocenters. The number of hydrogen-bond acceptors (Lipinski definition) is 3. The molecule has 1 fully saturated rings. The van der Waals surface area contributed by atoms with Crippen molar-refractivity contribution in [2.45, 2.75) is 24.8 Å². The van der Waals surface area contributed by atoms with Gasteiger partial charge in [0.05, 0.1) is 7.11 Å². The van der Waals surface area contributed by atoms with E-state index in [4.69, 9.17) is 15.2 Å². The zero-order valence-corrected chi connectivity index (χ0v) is 9.74.